The molecule has 1 saturated heterocycles. The predicted octanol–water partition coefficient (Wildman–Crippen LogP) is 4.67. The molecule has 0 spiro atoms. The normalized spacial score (nSPS) is 18.9. The molecule has 0 radical (unpaired) electrons. The lowest BCUT2D eigenvalue weighted by molar-refractivity contribution is -0.124. The molecule has 1 aliphatic rings. The summed E-state index contributed by atoms with van der Waals surface area (Å²) in [6.45, 7) is 7.97. The number of benzene rings is 2. The van der Waals surface area contributed by atoms with Crippen molar-refractivity contribution in [1.29, 1.82) is 0 Å². The topological polar surface area (TPSA) is 49.4 Å². The number of hydrogen-bond donors (Lipinski definition) is 1. The first kappa shape index (κ1) is 21.4. The van der Waals surface area contributed by atoms with E-state index >= 15 is 0 Å². The highest BCUT2D eigenvalue weighted by molar-refractivity contribution is 6.30. The van der Waals surface area contributed by atoms with Gasteiger partial charge in [-0.25, -0.2) is 0 Å². The summed E-state index contributed by atoms with van der Waals surface area (Å²) < 4.78 is 0. The largest absolute Gasteiger partial charge is 0.356 e. The van der Waals surface area contributed by atoms with Gasteiger partial charge in [-0.1, -0.05) is 49.7 Å². The van der Waals surface area contributed by atoms with Gasteiger partial charge in [-0.05, 0) is 54.7 Å². The van der Waals surface area contributed by atoms with Crippen molar-refractivity contribution in [1.82, 2.24) is 10.2 Å². The lowest BCUT2D eigenvalue weighted by Crippen LogP contribution is -2.36. The van der Waals surface area contributed by atoms with E-state index in [-0.39, 0.29) is 23.7 Å². The Labute approximate surface area is 178 Å². The summed E-state index contributed by atoms with van der Waals surface area (Å²) in [5.41, 5.74) is 2.89. The summed E-state index contributed by atoms with van der Waals surface area (Å²) in [6, 6.07) is 15.1. The van der Waals surface area contributed by atoms with Crippen LogP contribution in [0.5, 0.6) is 0 Å². The molecule has 1 fully saturated rings. The van der Waals surface area contributed by atoms with Crippen LogP contribution in [0.1, 0.15) is 47.7 Å². The number of aryl methyl sites for hydroxylation is 1. The summed E-state index contributed by atoms with van der Waals surface area (Å²) in [5.74, 6) is 0.253. The van der Waals surface area contributed by atoms with Crippen LogP contribution in [-0.2, 0) is 4.79 Å². The van der Waals surface area contributed by atoms with Crippen molar-refractivity contribution in [3.63, 3.8) is 0 Å². The maximum Gasteiger partial charge on any atom is 0.253 e. The maximum atomic E-state index is 13.0. The van der Waals surface area contributed by atoms with E-state index in [0.717, 1.165) is 17.5 Å². The Bertz CT molecular complexity index is 863. The van der Waals surface area contributed by atoms with Gasteiger partial charge >= 0.3 is 0 Å². The van der Waals surface area contributed by atoms with Crippen molar-refractivity contribution >= 4 is 23.4 Å². The number of carbonyl (C=O) groups excluding carboxylic acids is 2. The Morgan fingerprint density at radius 3 is 2.45 bits per heavy atom. The average Bonchev–Trinajstić information content (AvgIpc) is 3.13. The minimum absolute atomic E-state index is 0.00787. The molecule has 4 nitrogen and oxygen atoms in total. The molecule has 154 valence electrons. The van der Waals surface area contributed by atoms with Crippen LogP contribution in [0, 0.1) is 18.8 Å². The Balaban J connectivity index is 1.81. The van der Waals surface area contributed by atoms with Gasteiger partial charge in [0.25, 0.3) is 5.91 Å². The Morgan fingerprint density at radius 2 is 1.79 bits per heavy atom. The average molecular weight is 413 g/mol. The van der Waals surface area contributed by atoms with Gasteiger partial charge in [0, 0.05) is 36.1 Å². The van der Waals surface area contributed by atoms with Gasteiger partial charge in [-0.3, -0.25) is 9.59 Å². The number of nitrogens with one attached hydrogen (secondary N) is 1. The van der Waals surface area contributed by atoms with Gasteiger partial charge < -0.3 is 10.2 Å². The first-order valence-electron chi connectivity index (χ1n) is 10.2. The number of carbonyl (C=O) groups is 2. The molecule has 2 unspecified atom stereocenters. The summed E-state index contributed by atoms with van der Waals surface area (Å²) in [4.78, 5) is 27.8. The predicted molar refractivity (Wildman–Crippen MR) is 117 cm³/mol. The van der Waals surface area contributed by atoms with E-state index in [1.165, 1.54) is 0 Å². The van der Waals surface area contributed by atoms with Crippen LogP contribution in [0.2, 0.25) is 5.02 Å². The molecule has 1 heterocycles. The number of halogens is 1. The van der Waals surface area contributed by atoms with Gasteiger partial charge in [0.2, 0.25) is 5.91 Å². The molecule has 0 bridgehead atoms. The van der Waals surface area contributed by atoms with E-state index in [4.69, 9.17) is 11.6 Å². The van der Waals surface area contributed by atoms with Crippen LogP contribution in [-0.4, -0.2) is 36.3 Å². The first-order chi connectivity index (χ1) is 13.9. The zero-order chi connectivity index (χ0) is 21.0. The molecule has 0 saturated carbocycles. The number of hydrogen-bond acceptors (Lipinski definition) is 2. The van der Waals surface area contributed by atoms with E-state index in [9.17, 15) is 9.59 Å². The zero-order valence-corrected chi connectivity index (χ0v) is 18.1. The Hall–Kier alpha value is -2.33. The van der Waals surface area contributed by atoms with Crippen LogP contribution in [0.25, 0.3) is 0 Å². The molecule has 0 aliphatic carbocycles. The zero-order valence-electron chi connectivity index (χ0n) is 17.3. The fourth-order valence-corrected chi connectivity index (χ4v) is 4.07. The second-order valence-electron chi connectivity index (χ2n) is 8.26. The molecule has 3 rings (SSSR count). The molecular weight excluding hydrogens is 384 g/mol. The van der Waals surface area contributed by atoms with Gasteiger partial charge in [0.05, 0.1) is 5.92 Å². The SMILES string of the molecule is Cc1ccccc1C1CN(C(=O)c2ccc(Cl)cc2)CC1C(=O)NCCC(C)C. The highest BCUT2D eigenvalue weighted by Crippen LogP contribution is 2.35. The third kappa shape index (κ3) is 5.18. The molecule has 2 aromatic rings. The summed E-state index contributed by atoms with van der Waals surface area (Å²) in [7, 11) is 0. The summed E-state index contributed by atoms with van der Waals surface area (Å²) >= 11 is 5.95. The van der Waals surface area contributed by atoms with E-state index in [0.29, 0.717) is 36.1 Å². The molecule has 5 heteroatoms. The Kier molecular flexibility index (Phi) is 6.96. The van der Waals surface area contributed by atoms with E-state index in [1.54, 1.807) is 29.2 Å². The van der Waals surface area contributed by atoms with Crippen LogP contribution in [0.4, 0.5) is 0 Å². The third-order valence-electron chi connectivity index (χ3n) is 5.64. The van der Waals surface area contributed by atoms with E-state index in [2.05, 4.69) is 38.2 Å². The number of rotatable bonds is 6. The maximum absolute atomic E-state index is 13.0. The van der Waals surface area contributed by atoms with Crippen LogP contribution < -0.4 is 5.32 Å². The van der Waals surface area contributed by atoms with Crippen molar-refractivity contribution in [3.8, 4) is 0 Å². The molecule has 2 amide bonds. The highest BCUT2D eigenvalue weighted by atomic mass is 35.5. The van der Waals surface area contributed by atoms with Gasteiger partial charge in [-0.15, -0.1) is 0 Å². The second kappa shape index (κ2) is 9.45. The van der Waals surface area contributed by atoms with Gasteiger partial charge in [0.1, 0.15) is 0 Å². The molecule has 29 heavy (non-hydrogen) atoms. The molecule has 2 atom stereocenters. The number of likely N-dealkylation sites (tertiary alicyclic amines) is 1. The van der Waals surface area contributed by atoms with Gasteiger partial charge in [-0.2, -0.15) is 0 Å². The highest BCUT2D eigenvalue weighted by Gasteiger charge is 2.40. The second-order valence-corrected chi connectivity index (χ2v) is 8.70. The molecule has 2 aromatic carbocycles. The minimum Gasteiger partial charge on any atom is -0.356 e. The van der Waals surface area contributed by atoms with Gasteiger partial charge in [0.15, 0.2) is 0 Å². The molecule has 0 aromatic heterocycles. The minimum atomic E-state index is -0.250. The van der Waals surface area contributed by atoms with E-state index < -0.39 is 0 Å². The van der Waals surface area contributed by atoms with Crippen LogP contribution in [0.15, 0.2) is 48.5 Å². The van der Waals surface area contributed by atoms with Crippen LogP contribution >= 0.6 is 11.6 Å². The lowest BCUT2D eigenvalue weighted by atomic mass is 9.86. The van der Waals surface area contributed by atoms with Crippen LogP contribution in [0.3, 0.4) is 0 Å². The number of amides is 2. The monoisotopic (exact) mass is 412 g/mol. The van der Waals surface area contributed by atoms with Crippen molar-refractivity contribution in [3.05, 3.63) is 70.2 Å². The third-order valence-corrected chi connectivity index (χ3v) is 5.90. The Morgan fingerprint density at radius 1 is 1.10 bits per heavy atom. The standard InChI is InChI=1S/C24H29ClN2O2/c1-16(2)12-13-26-23(28)22-15-27(24(29)18-8-10-19(25)11-9-18)14-21(22)20-7-5-4-6-17(20)3/h4-11,16,21-22H,12-15H2,1-3H3,(H,26,28). The van der Waals surface area contributed by atoms with E-state index in [1.807, 2.05) is 12.1 Å². The van der Waals surface area contributed by atoms with Crippen molar-refractivity contribution in [2.45, 2.75) is 33.1 Å². The molecule has 1 aliphatic heterocycles. The fraction of sp³-hybridized carbons (Fsp3) is 0.417. The first-order valence-corrected chi connectivity index (χ1v) is 10.6. The van der Waals surface area contributed by atoms with Crippen molar-refractivity contribution in [2.24, 2.45) is 11.8 Å². The quantitative estimate of drug-likeness (QED) is 0.749. The molecule has 1 N–H and O–H groups in total. The molecular formula is C24H29ClN2O2. The smallest absolute Gasteiger partial charge is 0.253 e. The number of nitrogens with zero attached hydrogens (tertiary/aromatic N) is 1. The van der Waals surface area contributed by atoms with Crippen molar-refractivity contribution in [2.75, 3.05) is 19.6 Å². The summed E-state index contributed by atoms with van der Waals surface area (Å²) in [5, 5.41) is 3.69. The van der Waals surface area contributed by atoms with Crippen molar-refractivity contribution < 1.29 is 9.59 Å². The fourth-order valence-electron chi connectivity index (χ4n) is 3.94. The lowest BCUT2D eigenvalue weighted by Gasteiger charge is -2.20. The summed E-state index contributed by atoms with van der Waals surface area (Å²) in [6.07, 6.45) is 0.945.